The molecule has 126 valence electrons. The molecule has 3 nitrogen and oxygen atoms in total. The van der Waals surface area contributed by atoms with E-state index >= 15 is 0 Å². The van der Waals surface area contributed by atoms with Crippen molar-refractivity contribution in [3.8, 4) is 0 Å². The molecule has 6 atom stereocenters. The summed E-state index contributed by atoms with van der Waals surface area (Å²) in [6.07, 6.45) is 8.99. The van der Waals surface area contributed by atoms with Crippen molar-refractivity contribution in [2.75, 3.05) is 0 Å². The second-order valence-corrected chi connectivity index (χ2v) is 8.62. The molecule has 6 rings (SSSR count). The van der Waals surface area contributed by atoms with Gasteiger partial charge in [0.1, 0.15) is 0 Å². The molecule has 5 aliphatic carbocycles. The van der Waals surface area contributed by atoms with Crippen LogP contribution in [-0.4, -0.2) is 11.6 Å². The Morgan fingerprint density at radius 2 is 1.62 bits per heavy atom. The number of hydrogen-bond donors (Lipinski definition) is 1. The van der Waals surface area contributed by atoms with Crippen LogP contribution in [0.4, 0.5) is 0 Å². The summed E-state index contributed by atoms with van der Waals surface area (Å²) in [5.74, 6) is 3.98. The SMILES string of the molecule is O=C(N/N=C1/CC2C[C@@H]3CC1C[C@H](C2)C3)[C@@H]1C[C@H]1c1ccccc1. The van der Waals surface area contributed by atoms with Crippen LogP contribution in [0.1, 0.15) is 56.4 Å². The van der Waals surface area contributed by atoms with E-state index in [0.29, 0.717) is 11.8 Å². The molecule has 5 aliphatic rings. The number of rotatable bonds is 3. The predicted molar refractivity (Wildman–Crippen MR) is 94.5 cm³/mol. The maximum atomic E-state index is 12.5. The van der Waals surface area contributed by atoms with Crippen molar-refractivity contribution >= 4 is 11.6 Å². The first-order chi connectivity index (χ1) is 11.8. The fourth-order valence-corrected chi connectivity index (χ4v) is 5.79. The maximum Gasteiger partial charge on any atom is 0.243 e. The molecule has 5 saturated carbocycles. The fourth-order valence-electron chi connectivity index (χ4n) is 5.79. The first kappa shape index (κ1) is 14.7. The quantitative estimate of drug-likeness (QED) is 0.836. The molecular formula is C21H26N2O. The highest BCUT2D eigenvalue weighted by atomic mass is 16.2. The third-order valence-electron chi connectivity index (χ3n) is 6.87. The lowest BCUT2D eigenvalue weighted by atomic mass is 9.68. The van der Waals surface area contributed by atoms with Gasteiger partial charge in [0.05, 0.1) is 0 Å². The van der Waals surface area contributed by atoms with Crippen molar-refractivity contribution in [2.24, 2.45) is 34.7 Å². The Hall–Kier alpha value is -1.64. The third kappa shape index (κ3) is 2.68. The lowest BCUT2D eigenvalue weighted by Gasteiger charge is -2.37. The summed E-state index contributed by atoms with van der Waals surface area (Å²) < 4.78 is 0. The Balaban J connectivity index is 1.24. The van der Waals surface area contributed by atoms with E-state index in [0.717, 1.165) is 30.6 Å². The van der Waals surface area contributed by atoms with Gasteiger partial charge in [-0.25, -0.2) is 5.43 Å². The van der Waals surface area contributed by atoms with Crippen LogP contribution in [-0.2, 0) is 4.79 Å². The van der Waals surface area contributed by atoms with Crippen molar-refractivity contribution < 1.29 is 4.79 Å². The van der Waals surface area contributed by atoms with Gasteiger partial charge in [-0.05, 0) is 80.1 Å². The summed E-state index contributed by atoms with van der Waals surface area (Å²) in [4.78, 5) is 12.5. The lowest BCUT2D eigenvalue weighted by molar-refractivity contribution is -0.122. The summed E-state index contributed by atoms with van der Waals surface area (Å²) in [5, 5.41) is 4.65. The van der Waals surface area contributed by atoms with Gasteiger partial charge in [-0.1, -0.05) is 30.3 Å². The summed E-state index contributed by atoms with van der Waals surface area (Å²) >= 11 is 0. The van der Waals surface area contributed by atoms with E-state index in [1.54, 1.807) is 0 Å². The Morgan fingerprint density at radius 3 is 2.38 bits per heavy atom. The van der Waals surface area contributed by atoms with Crippen molar-refractivity contribution in [3.63, 3.8) is 0 Å². The molecule has 4 bridgehead atoms. The number of carbonyl (C=O) groups is 1. The van der Waals surface area contributed by atoms with E-state index in [1.165, 1.54) is 43.4 Å². The molecule has 0 spiro atoms. The maximum absolute atomic E-state index is 12.5. The molecule has 1 amide bonds. The summed E-state index contributed by atoms with van der Waals surface area (Å²) in [6, 6.07) is 10.4. The van der Waals surface area contributed by atoms with E-state index in [-0.39, 0.29) is 11.8 Å². The van der Waals surface area contributed by atoms with Crippen LogP contribution in [0.15, 0.2) is 35.4 Å². The van der Waals surface area contributed by atoms with Gasteiger partial charge in [0.15, 0.2) is 0 Å². The average Bonchev–Trinajstić information content (AvgIpc) is 3.40. The molecule has 5 fully saturated rings. The van der Waals surface area contributed by atoms with Crippen molar-refractivity contribution in [3.05, 3.63) is 35.9 Å². The standard InChI is InChI=1S/C21H26N2O/c24-21(19-12-18(19)16-4-2-1-3-5-16)23-22-20-11-15-7-13-6-14(8-15)10-17(20)9-13/h1-5,13-15,17-19H,6-12H2,(H,23,24)/b22-20-/t13-,14+,15?,17?,18-,19+/m0/s1. The first-order valence-electron chi connectivity index (χ1n) is 9.67. The topological polar surface area (TPSA) is 41.5 Å². The van der Waals surface area contributed by atoms with E-state index < -0.39 is 0 Å². The summed E-state index contributed by atoms with van der Waals surface area (Å²) in [6.45, 7) is 0. The van der Waals surface area contributed by atoms with Gasteiger partial charge >= 0.3 is 0 Å². The first-order valence-corrected chi connectivity index (χ1v) is 9.67. The molecule has 3 heteroatoms. The number of nitrogens with one attached hydrogen (secondary N) is 1. The summed E-state index contributed by atoms with van der Waals surface area (Å²) in [7, 11) is 0. The van der Waals surface area contributed by atoms with E-state index in [9.17, 15) is 4.79 Å². The molecule has 0 saturated heterocycles. The zero-order valence-electron chi connectivity index (χ0n) is 14.2. The van der Waals surface area contributed by atoms with Crippen molar-refractivity contribution in [1.29, 1.82) is 0 Å². The molecule has 0 radical (unpaired) electrons. The highest BCUT2D eigenvalue weighted by Crippen LogP contribution is 2.50. The van der Waals surface area contributed by atoms with Crippen LogP contribution in [0.3, 0.4) is 0 Å². The number of nitrogens with zero attached hydrogens (tertiary/aromatic N) is 1. The van der Waals surface area contributed by atoms with Crippen LogP contribution in [0.5, 0.6) is 0 Å². The second kappa shape index (κ2) is 5.72. The van der Waals surface area contributed by atoms with Crippen LogP contribution >= 0.6 is 0 Å². The van der Waals surface area contributed by atoms with Gasteiger partial charge in [0.2, 0.25) is 5.91 Å². The molecule has 24 heavy (non-hydrogen) atoms. The normalized spacial score (nSPS) is 41.2. The highest BCUT2D eigenvalue weighted by molar-refractivity contribution is 5.90. The number of carbonyl (C=O) groups excluding carboxylic acids is 1. The minimum absolute atomic E-state index is 0.121. The number of fused-ring (bicyclic) bond motifs is 1. The zero-order valence-corrected chi connectivity index (χ0v) is 14.2. The number of hydrazone groups is 1. The average molecular weight is 322 g/mol. The largest absolute Gasteiger partial charge is 0.273 e. The fraction of sp³-hybridized carbons (Fsp3) is 0.619. The minimum atomic E-state index is 0.121. The predicted octanol–water partition coefficient (Wildman–Crippen LogP) is 4.11. The monoisotopic (exact) mass is 322 g/mol. The summed E-state index contributed by atoms with van der Waals surface area (Å²) in [5.41, 5.74) is 5.52. The van der Waals surface area contributed by atoms with Crippen LogP contribution in [0, 0.1) is 29.6 Å². The highest BCUT2D eigenvalue weighted by Gasteiger charge is 2.45. The molecule has 1 N–H and O–H groups in total. The second-order valence-electron chi connectivity index (χ2n) is 8.62. The lowest BCUT2D eigenvalue weighted by Crippen LogP contribution is -2.29. The molecule has 0 aliphatic heterocycles. The molecular weight excluding hydrogens is 296 g/mol. The molecule has 1 aromatic rings. The Labute approximate surface area is 143 Å². The minimum Gasteiger partial charge on any atom is -0.273 e. The van der Waals surface area contributed by atoms with Crippen LogP contribution in [0.2, 0.25) is 0 Å². The van der Waals surface area contributed by atoms with Gasteiger partial charge in [0.25, 0.3) is 0 Å². The van der Waals surface area contributed by atoms with Gasteiger partial charge in [-0.15, -0.1) is 0 Å². The van der Waals surface area contributed by atoms with Gasteiger partial charge in [-0.3, -0.25) is 4.79 Å². The molecule has 0 aromatic heterocycles. The Morgan fingerprint density at radius 1 is 0.917 bits per heavy atom. The molecule has 1 aromatic carbocycles. The van der Waals surface area contributed by atoms with Crippen molar-refractivity contribution in [2.45, 2.75) is 50.9 Å². The zero-order chi connectivity index (χ0) is 16.1. The smallest absolute Gasteiger partial charge is 0.243 e. The van der Waals surface area contributed by atoms with E-state index in [2.05, 4.69) is 34.8 Å². The third-order valence-corrected chi connectivity index (χ3v) is 6.87. The number of hydrogen-bond acceptors (Lipinski definition) is 2. The van der Waals surface area contributed by atoms with Gasteiger partial charge in [0, 0.05) is 11.6 Å². The van der Waals surface area contributed by atoms with Crippen LogP contribution in [0.25, 0.3) is 0 Å². The van der Waals surface area contributed by atoms with Gasteiger partial charge in [-0.2, -0.15) is 5.10 Å². The van der Waals surface area contributed by atoms with Gasteiger partial charge < -0.3 is 0 Å². The van der Waals surface area contributed by atoms with E-state index in [1.807, 2.05) is 6.07 Å². The van der Waals surface area contributed by atoms with Crippen molar-refractivity contribution in [1.82, 2.24) is 5.43 Å². The van der Waals surface area contributed by atoms with E-state index in [4.69, 9.17) is 0 Å². The Bertz CT molecular complexity index is 654. The molecule has 0 heterocycles. The Kier molecular flexibility index (Phi) is 3.50. The molecule has 2 unspecified atom stereocenters. The number of amides is 1. The van der Waals surface area contributed by atoms with Crippen LogP contribution < -0.4 is 5.43 Å². The number of benzene rings is 1.